The minimum atomic E-state index is -0.364. The molecule has 0 saturated carbocycles. The van der Waals surface area contributed by atoms with Crippen LogP contribution in [-0.4, -0.2) is 48.4 Å². The van der Waals surface area contributed by atoms with Gasteiger partial charge >= 0.3 is 0 Å². The summed E-state index contributed by atoms with van der Waals surface area (Å²) >= 11 is 0. The van der Waals surface area contributed by atoms with Gasteiger partial charge < -0.3 is 14.4 Å². The van der Waals surface area contributed by atoms with E-state index in [0.29, 0.717) is 6.61 Å². The van der Waals surface area contributed by atoms with Gasteiger partial charge in [-0.25, -0.2) is 0 Å². The van der Waals surface area contributed by atoms with Crippen LogP contribution in [0.25, 0.3) is 10.9 Å². The Morgan fingerprint density at radius 1 is 1.24 bits per heavy atom. The summed E-state index contributed by atoms with van der Waals surface area (Å²) in [6.45, 7) is 4.86. The van der Waals surface area contributed by atoms with Crippen molar-refractivity contribution >= 4 is 22.3 Å². The van der Waals surface area contributed by atoms with Crippen molar-refractivity contribution in [2.45, 2.75) is 32.0 Å². The van der Waals surface area contributed by atoms with E-state index in [1.54, 1.807) is 12.1 Å². The van der Waals surface area contributed by atoms with Crippen LogP contribution in [0.15, 0.2) is 24.3 Å². The number of non-ortho nitro benzene ring substituents is 1. The molecule has 1 aromatic carbocycles. The van der Waals surface area contributed by atoms with E-state index in [9.17, 15) is 10.1 Å². The number of aromatic nitrogens is 1. The summed E-state index contributed by atoms with van der Waals surface area (Å²) in [5, 5.41) is 12.0. The van der Waals surface area contributed by atoms with Gasteiger partial charge in [0, 0.05) is 48.6 Å². The Bertz CT molecular complexity index is 804. The van der Waals surface area contributed by atoms with E-state index in [0.717, 1.165) is 54.8 Å². The SMILES string of the molecule is Cc1cc(N2CCO[C@H]([C@H]3CCCO3)C2)c2cc([N+](=O)[O-])ccc2n1. The van der Waals surface area contributed by atoms with Crippen LogP contribution in [0.4, 0.5) is 11.4 Å². The summed E-state index contributed by atoms with van der Waals surface area (Å²) in [4.78, 5) is 17.6. The Hall–Kier alpha value is -2.25. The first-order valence-corrected chi connectivity index (χ1v) is 8.66. The van der Waals surface area contributed by atoms with Crippen molar-refractivity contribution in [1.82, 2.24) is 4.98 Å². The highest BCUT2D eigenvalue weighted by Gasteiger charge is 2.32. The lowest BCUT2D eigenvalue weighted by Crippen LogP contribution is -2.47. The quantitative estimate of drug-likeness (QED) is 0.630. The van der Waals surface area contributed by atoms with Gasteiger partial charge in [-0.05, 0) is 31.9 Å². The largest absolute Gasteiger partial charge is 0.375 e. The van der Waals surface area contributed by atoms with Crippen LogP contribution >= 0.6 is 0 Å². The van der Waals surface area contributed by atoms with E-state index in [2.05, 4.69) is 9.88 Å². The molecule has 0 aliphatic carbocycles. The van der Waals surface area contributed by atoms with Crippen molar-refractivity contribution in [3.8, 4) is 0 Å². The third kappa shape index (κ3) is 3.17. The van der Waals surface area contributed by atoms with Crippen molar-refractivity contribution in [2.75, 3.05) is 31.2 Å². The number of nitro benzene ring substituents is 1. The number of benzene rings is 1. The number of nitro groups is 1. The van der Waals surface area contributed by atoms with Crippen molar-refractivity contribution in [1.29, 1.82) is 0 Å². The number of nitrogens with zero attached hydrogens (tertiary/aromatic N) is 3. The number of hydrogen-bond donors (Lipinski definition) is 0. The van der Waals surface area contributed by atoms with Gasteiger partial charge in [-0.2, -0.15) is 0 Å². The van der Waals surface area contributed by atoms with Crippen LogP contribution < -0.4 is 4.90 Å². The van der Waals surface area contributed by atoms with Gasteiger partial charge in [-0.3, -0.25) is 15.1 Å². The molecule has 2 aliphatic rings. The first kappa shape index (κ1) is 16.2. The van der Waals surface area contributed by atoms with Crippen molar-refractivity contribution < 1.29 is 14.4 Å². The summed E-state index contributed by atoms with van der Waals surface area (Å²) in [6, 6.07) is 6.85. The molecule has 2 saturated heterocycles. The van der Waals surface area contributed by atoms with Gasteiger partial charge in [-0.15, -0.1) is 0 Å². The fourth-order valence-corrected chi connectivity index (χ4v) is 3.71. The number of anilines is 1. The summed E-state index contributed by atoms with van der Waals surface area (Å²) in [7, 11) is 0. The molecule has 4 rings (SSSR count). The fourth-order valence-electron chi connectivity index (χ4n) is 3.71. The maximum atomic E-state index is 11.2. The Morgan fingerprint density at radius 2 is 2.08 bits per heavy atom. The molecular formula is C18H21N3O4. The third-order valence-corrected chi connectivity index (χ3v) is 4.92. The smallest absolute Gasteiger partial charge is 0.270 e. The van der Waals surface area contributed by atoms with E-state index in [4.69, 9.17) is 9.47 Å². The Labute approximate surface area is 145 Å². The van der Waals surface area contributed by atoms with Gasteiger partial charge in [0.25, 0.3) is 5.69 Å². The molecule has 1 aromatic heterocycles. The predicted octanol–water partition coefficient (Wildman–Crippen LogP) is 2.84. The number of aryl methyl sites for hydroxylation is 1. The van der Waals surface area contributed by atoms with Crippen LogP contribution in [0, 0.1) is 17.0 Å². The first-order chi connectivity index (χ1) is 12.1. The summed E-state index contributed by atoms with van der Waals surface area (Å²) in [5.41, 5.74) is 2.75. The van der Waals surface area contributed by atoms with Gasteiger partial charge in [0.2, 0.25) is 0 Å². The topological polar surface area (TPSA) is 77.7 Å². The number of hydrogen-bond acceptors (Lipinski definition) is 6. The zero-order valence-electron chi connectivity index (χ0n) is 14.2. The number of rotatable bonds is 3. The molecule has 0 amide bonds. The lowest BCUT2D eigenvalue weighted by atomic mass is 10.1. The lowest BCUT2D eigenvalue weighted by Gasteiger charge is -2.37. The molecule has 3 heterocycles. The Balaban J connectivity index is 1.71. The summed E-state index contributed by atoms with van der Waals surface area (Å²) in [5.74, 6) is 0. The van der Waals surface area contributed by atoms with E-state index >= 15 is 0 Å². The molecule has 2 fully saturated rings. The third-order valence-electron chi connectivity index (χ3n) is 4.92. The zero-order valence-corrected chi connectivity index (χ0v) is 14.2. The Kier molecular flexibility index (Phi) is 4.27. The van der Waals surface area contributed by atoms with Crippen molar-refractivity contribution in [3.63, 3.8) is 0 Å². The molecule has 25 heavy (non-hydrogen) atoms. The van der Waals surface area contributed by atoms with E-state index < -0.39 is 0 Å². The maximum absolute atomic E-state index is 11.2. The second-order valence-electron chi connectivity index (χ2n) is 6.65. The average Bonchev–Trinajstić information content (AvgIpc) is 3.15. The highest BCUT2D eigenvalue weighted by Crippen LogP contribution is 2.32. The normalized spacial score (nSPS) is 24.0. The highest BCUT2D eigenvalue weighted by atomic mass is 16.6. The van der Waals surface area contributed by atoms with Crippen molar-refractivity contribution in [2.24, 2.45) is 0 Å². The van der Waals surface area contributed by atoms with Gasteiger partial charge in [0.1, 0.15) is 6.10 Å². The van der Waals surface area contributed by atoms with Gasteiger partial charge in [0.05, 0.1) is 23.2 Å². The molecule has 7 nitrogen and oxygen atoms in total. The molecule has 2 aromatic rings. The van der Waals surface area contributed by atoms with E-state index in [1.165, 1.54) is 6.07 Å². The minimum Gasteiger partial charge on any atom is -0.375 e. The fraction of sp³-hybridized carbons (Fsp3) is 0.500. The summed E-state index contributed by atoms with van der Waals surface area (Å²) < 4.78 is 11.7. The standard InChI is InChI=1S/C18H21N3O4/c1-12-9-16(14-10-13(21(22)23)4-5-15(14)19-12)20-6-8-25-18(11-20)17-3-2-7-24-17/h4-5,9-10,17-18H,2-3,6-8,11H2,1H3/t17-,18+/m1/s1. The first-order valence-electron chi connectivity index (χ1n) is 8.66. The predicted molar refractivity (Wildman–Crippen MR) is 94.1 cm³/mol. The lowest BCUT2D eigenvalue weighted by molar-refractivity contribution is -0.384. The minimum absolute atomic E-state index is 0.0402. The molecule has 132 valence electrons. The van der Waals surface area contributed by atoms with Crippen LogP contribution in [0.1, 0.15) is 18.5 Å². The number of fused-ring (bicyclic) bond motifs is 1. The molecule has 2 aliphatic heterocycles. The summed E-state index contributed by atoms with van der Waals surface area (Å²) in [6.07, 6.45) is 2.29. The monoisotopic (exact) mass is 343 g/mol. The molecule has 2 atom stereocenters. The van der Waals surface area contributed by atoms with Crippen LogP contribution in [0.5, 0.6) is 0 Å². The molecular weight excluding hydrogens is 322 g/mol. The molecule has 0 unspecified atom stereocenters. The molecule has 0 radical (unpaired) electrons. The number of morpholine rings is 1. The van der Waals surface area contributed by atoms with Crippen molar-refractivity contribution in [3.05, 3.63) is 40.1 Å². The Morgan fingerprint density at radius 3 is 2.84 bits per heavy atom. The van der Waals surface area contributed by atoms with Gasteiger partial charge in [-0.1, -0.05) is 0 Å². The van der Waals surface area contributed by atoms with Crippen LogP contribution in [0.2, 0.25) is 0 Å². The van der Waals surface area contributed by atoms with E-state index in [-0.39, 0.29) is 22.8 Å². The molecule has 0 bridgehead atoms. The second-order valence-corrected chi connectivity index (χ2v) is 6.65. The highest BCUT2D eigenvalue weighted by molar-refractivity contribution is 5.93. The van der Waals surface area contributed by atoms with Crippen LogP contribution in [-0.2, 0) is 9.47 Å². The second kappa shape index (κ2) is 6.57. The van der Waals surface area contributed by atoms with E-state index in [1.807, 2.05) is 13.0 Å². The molecule has 0 spiro atoms. The number of ether oxygens (including phenoxy) is 2. The molecule has 7 heteroatoms. The van der Waals surface area contributed by atoms with Crippen LogP contribution in [0.3, 0.4) is 0 Å². The maximum Gasteiger partial charge on any atom is 0.270 e. The molecule has 0 N–H and O–H groups in total. The average molecular weight is 343 g/mol. The van der Waals surface area contributed by atoms with Gasteiger partial charge in [0.15, 0.2) is 0 Å². The zero-order chi connectivity index (χ0) is 17.4. The number of pyridine rings is 1.